The van der Waals surface area contributed by atoms with Crippen molar-refractivity contribution in [3.8, 4) is 11.8 Å². The Bertz CT molecular complexity index is 722. The van der Waals surface area contributed by atoms with Gasteiger partial charge in [-0.05, 0) is 30.2 Å². The van der Waals surface area contributed by atoms with E-state index in [-0.39, 0.29) is 13.2 Å². The molecule has 0 aliphatic heterocycles. The second-order valence-corrected chi connectivity index (χ2v) is 5.07. The topological polar surface area (TPSA) is 38.3 Å². The summed E-state index contributed by atoms with van der Waals surface area (Å²) in [6.45, 7) is 6.35. The Hall–Kier alpha value is -2.99. The molecule has 0 radical (unpaired) electrons. The Balaban J connectivity index is 1.74. The van der Waals surface area contributed by atoms with Crippen LogP contribution in [0.5, 0.6) is 0 Å². The molecule has 2 rings (SSSR count). The molecule has 0 aliphatic rings. The molecule has 1 amide bonds. The number of nitrogens with one attached hydrogen (secondary N) is 1. The Morgan fingerprint density at radius 1 is 1.13 bits per heavy atom. The fraction of sp³-hybridized carbons (Fsp3) is 0.150. The van der Waals surface area contributed by atoms with Crippen LogP contribution in [0.25, 0.3) is 5.57 Å². The normalized spacial score (nSPS) is 9.43. The molecule has 0 aromatic heterocycles. The molecule has 0 aliphatic carbocycles. The SMILES string of the molecule is C=C(C)c1ccc(C#CCNC(=O)OCc2ccccc2)cc1. The zero-order chi connectivity index (χ0) is 16.5. The molecule has 23 heavy (non-hydrogen) atoms. The van der Waals surface area contributed by atoms with Crippen LogP contribution < -0.4 is 5.32 Å². The van der Waals surface area contributed by atoms with E-state index in [9.17, 15) is 4.79 Å². The fourth-order valence-corrected chi connectivity index (χ4v) is 1.87. The first-order chi connectivity index (χ1) is 11.1. The molecular formula is C20H19NO2. The number of alkyl carbamates (subject to hydrolysis) is 1. The summed E-state index contributed by atoms with van der Waals surface area (Å²) in [6, 6.07) is 17.4. The molecule has 116 valence electrons. The van der Waals surface area contributed by atoms with Gasteiger partial charge in [0.15, 0.2) is 0 Å². The van der Waals surface area contributed by atoms with E-state index < -0.39 is 6.09 Å². The largest absolute Gasteiger partial charge is 0.445 e. The third kappa shape index (κ3) is 5.72. The van der Waals surface area contributed by atoms with Gasteiger partial charge in [0.05, 0.1) is 6.54 Å². The van der Waals surface area contributed by atoms with Crippen LogP contribution >= 0.6 is 0 Å². The van der Waals surface area contributed by atoms with Crippen LogP contribution in [0.15, 0.2) is 61.2 Å². The number of carbonyl (C=O) groups is 1. The summed E-state index contributed by atoms with van der Waals surface area (Å²) in [5, 5.41) is 2.60. The number of benzene rings is 2. The number of hydrogen-bond donors (Lipinski definition) is 1. The molecule has 3 nitrogen and oxygen atoms in total. The summed E-state index contributed by atoms with van der Waals surface area (Å²) in [6.07, 6.45) is -0.471. The number of rotatable bonds is 4. The summed E-state index contributed by atoms with van der Waals surface area (Å²) in [4.78, 5) is 11.5. The highest BCUT2D eigenvalue weighted by molar-refractivity contribution is 5.67. The molecule has 2 aromatic rings. The van der Waals surface area contributed by atoms with Gasteiger partial charge in [0.25, 0.3) is 0 Å². The van der Waals surface area contributed by atoms with Gasteiger partial charge in [0.2, 0.25) is 0 Å². The molecule has 0 atom stereocenters. The molecule has 0 saturated carbocycles. The van der Waals surface area contributed by atoms with E-state index in [2.05, 4.69) is 23.7 Å². The minimum atomic E-state index is -0.471. The van der Waals surface area contributed by atoms with Crippen molar-refractivity contribution in [1.29, 1.82) is 0 Å². The number of ether oxygens (including phenoxy) is 1. The van der Waals surface area contributed by atoms with E-state index in [4.69, 9.17) is 4.74 Å². The van der Waals surface area contributed by atoms with E-state index in [1.807, 2.05) is 61.5 Å². The van der Waals surface area contributed by atoms with Gasteiger partial charge in [-0.25, -0.2) is 4.79 Å². The molecule has 0 fully saturated rings. The van der Waals surface area contributed by atoms with Crippen molar-refractivity contribution in [2.24, 2.45) is 0 Å². The van der Waals surface area contributed by atoms with Crippen LogP contribution in [0.3, 0.4) is 0 Å². The van der Waals surface area contributed by atoms with Gasteiger partial charge in [-0.3, -0.25) is 0 Å². The lowest BCUT2D eigenvalue weighted by Crippen LogP contribution is -2.24. The Kier molecular flexibility index (Phi) is 6.02. The fourth-order valence-electron chi connectivity index (χ4n) is 1.87. The highest BCUT2D eigenvalue weighted by Gasteiger charge is 2.00. The monoisotopic (exact) mass is 305 g/mol. The third-order valence-electron chi connectivity index (χ3n) is 3.14. The summed E-state index contributed by atoms with van der Waals surface area (Å²) in [5.74, 6) is 5.89. The first-order valence-electron chi connectivity index (χ1n) is 7.34. The maximum Gasteiger partial charge on any atom is 0.408 e. The van der Waals surface area contributed by atoms with Crippen LogP contribution in [0.1, 0.15) is 23.6 Å². The van der Waals surface area contributed by atoms with Crippen molar-refractivity contribution >= 4 is 11.7 Å². The minimum absolute atomic E-state index is 0.246. The summed E-state index contributed by atoms with van der Waals surface area (Å²) in [5.41, 5.74) is 3.96. The molecule has 2 aromatic carbocycles. The van der Waals surface area contributed by atoms with E-state index in [1.54, 1.807) is 0 Å². The van der Waals surface area contributed by atoms with Crippen molar-refractivity contribution in [2.75, 3.05) is 6.54 Å². The van der Waals surface area contributed by atoms with Gasteiger partial charge < -0.3 is 10.1 Å². The first kappa shape index (κ1) is 16.4. The van der Waals surface area contributed by atoms with Gasteiger partial charge in [-0.2, -0.15) is 0 Å². The maximum absolute atomic E-state index is 11.5. The lowest BCUT2D eigenvalue weighted by atomic mass is 10.1. The zero-order valence-electron chi connectivity index (χ0n) is 13.1. The van der Waals surface area contributed by atoms with E-state index in [0.29, 0.717) is 0 Å². The molecular weight excluding hydrogens is 286 g/mol. The summed E-state index contributed by atoms with van der Waals surface area (Å²) in [7, 11) is 0. The van der Waals surface area contributed by atoms with Crippen molar-refractivity contribution in [3.63, 3.8) is 0 Å². The molecule has 3 heteroatoms. The zero-order valence-corrected chi connectivity index (χ0v) is 13.1. The van der Waals surface area contributed by atoms with Gasteiger partial charge in [0, 0.05) is 5.56 Å². The number of amides is 1. The molecule has 1 N–H and O–H groups in total. The average Bonchev–Trinajstić information content (AvgIpc) is 2.58. The number of hydrogen-bond acceptors (Lipinski definition) is 2. The Morgan fingerprint density at radius 2 is 1.83 bits per heavy atom. The highest BCUT2D eigenvalue weighted by atomic mass is 16.5. The van der Waals surface area contributed by atoms with E-state index in [1.165, 1.54) is 0 Å². The van der Waals surface area contributed by atoms with Crippen molar-refractivity contribution in [3.05, 3.63) is 77.9 Å². The smallest absolute Gasteiger partial charge is 0.408 e. The minimum Gasteiger partial charge on any atom is -0.445 e. The predicted molar refractivity (Wildman–Crippen MR) is 92.7 cm³/mol. The quantitative estimate of drug-likeness (QED) is 0.867. The Morgan fingerprint density at radius 3 is 2.48 bits per heavy atom. The summed E-state index contributed by atoms with van der Waals surface area (Å²) < 4.78 is 5.09. The first-order valence-corrected chi connectivity index (χ1v) is 7.34. The van der Waals surface area contributed by atoms with Crippen LogP contribution in [-0.4, -0.2) is 12.6 Å². The second-order valence-electron chi connectivity index (χ2n) is 5.07. The van der Waals surface area contributed by atoms with E-state index in [0.717, 1.165) is 22.3 Å². The lowest BCUT2D eigenvalue weighted by molar-refractivity contribution is 0.141. The van der Waals surface area contributed by atoms with Crippen LogP contribution in [0.2, 0.25) is 0 Å². The van der Waals surface area contributed by atoms with Gasteiger partial charge in [-0.1, -0.05) is 66.5 Å². The van der Waals surface area contributed by atoms with Crippen LogP contribution in [0, 0.1) is 11.8 Å². The Labute approximate surface area is 137 Å². The maximum atomic E-state index is 11.5. The summed E-state index contributed by atoms with van der Waals surface area (Å²) >= 11 is 0. The van der Waals surface area contributed by atoms with E-state index >= 15 is 0 Å². The standard InChI is InChI=1S/C20H19NO2/c1-16(2)19-12-10-17(11-13-19)9-6-14-21-20(22)23-15-18-7-4-3-5-8-18/h3-5,7-8,10-13H,1,14-15H2,2H3,(H,21,22). The molecule has 0 heterocycles. The highest BCUT2D eigenvalue weighted by Crippen LogP contribution is 2.11. The third-order valence-corrected chi connectivity index (χ3v) is 3.14. The number of carbonyl (C=O) groups excluding carboxylic acids is 1. The lowest BCUT2D eigenvalue weighted by Gasteiger charge is -2.04. The average molecular weight is 305 g/mol. The number of allylic oxidation sites excluding steroid dienone is 1. The molecule has 0 saturated heterocycles. The van der Waals surface area contributed by atoms with Gasteiger partial charge in [-0.15, -0.1) is 0 Å². The molecule has 0 unspecified atom stereocenters. The van der Waals surface area contributed by atoms with Crippen LogP contribution in [0.4, 0.5) is 4.79 Å². The predicted octanol–water partition coefficient (Wildman–Crippen LogP) is 4.00. The van der Waals surface area contributed by atoms with Crippen molar-refractivity contribution < 1.29 is 9.53 Å². The molecule has 0 spiro atoms. The van der Waals surface area contributed by atoms with Gasteiger partial charge in [0.1, 0.15) is 6.61 Å². The van der Waals surface area contributed by atoms with Crippen molar-refractivity contribution in [1.82, 2.24) is 5.32 Å². The van der Waals surface area contributed by atoms with Crippen molar-refractivity contribution in [2.45, 2.75) is 13.5 Å². The van der Waals surface area contributed by atoms with Crippen LogP contribution in [-0.2, 0) is 11.3 Å². The van der Waals surface area contributed by atoms with Gasteiger partial charge >= 0.3 is 6.09 Å². The second kappa shape index (κ2) is 8.45. The molecule has 0 bridgehead atoms.